The van der Waals surface area contributed by atoms with E-state index in [2.05, 4.69) is 15.9 Å². The Hall–Kier alpha value is -0.830. The van der Waals surface area contributed by atoms with Gasteiger partial charge in [0.1, 0.15) is 11.4 Å². The first kappa shape index (κ1) is 12.2. The minimum Gasteiger partial charge on any atom is -0.487 e. The molecule has 0 aliphatic heterocycles. The van der Waals surface area contributed by atoms with Crippen LogP contribution in [-0.2, 0) is 0 Å². The van der Waals surface area contributed by atoms with Crippen molar-refractivity contribution in [3.8, 4) is 5.75 Å². The maximum absolute atomic E-state index is 11.1. The van der Waals surface area contributed by atoms with E-state index in [1.54, 1.807) is 19.1 Å². The van der Waals surface area contributed by atoms with E-state index in [0.29, 0.717) is 5.56 Å². The third kappa shape index (κ3) is 3.67. The molecule has 0 amide bonds. The summed E-state index contributed by atoms with van der Waals surface area (Å²) >= 11 is 3.39. The number of hydrogen-bond donors (Lipinski definition) is 0. The molecule has 0 bridgehead atoms. The van der Waals surface area contributed by atoms with Crippen molar-refractivity contribution in [2.45, 2.75) is 33.3 Å². The second-order valence-electron chi connectivity index (χ2n) is 4.42. The number of ether oxygens (including phenoxy) is 1. The van der Waals surface area contributed by atoms with Gasteiger partial charge in [0, 0.05) is 5.56 Å². The molecule has 1 aromatic carbocycles. The molecule has 0 aromatic heterocycles. The van der Waals surface area contributed by atoms with Crippen LogP contribution in [0.2, 0.25) is 0 Å². The highest BCUT2D eigenvalue weighted by molar-refractivity contribution is 9.10. The Morgan fingerprint density at radius 1 is 1.33 bits per heavy atom. The maximum Gasteiger partial charge on any atom is 0.159 e. The Morgan fingerprint density at radius 3 is 2.33 bits per heavy atom. The molecule has 15 heavy (non-hydrogen) atoms. The molecule has 0 saturated heterocycles. The Balaban J connectivity index is 2.99. The normalized spacial score (nSPS) is 11.3. The van der Waals surface area contributed by atoms with Gasteiger partial charge in [0.25, 0.3) is 0 Å². The standard InChI is InChI=1S/C12H15BrO2/c1-8(14)9-5-6-11(10(13)7-9)15-12(2,3)4/h5-7H,1-4H3. The number of halogens is 1. The SMILES string of the molecule is CC(=O)c1ccc(OC(C)(C)C)c(Br)c1. The van der Waals surface area contributed by atoms with Crippen LogP contribution in [0.1, 0.15) is 38.1 Å². The highest BCUT2D eigenvalue weighted by Gasteiger charge is 2.14. The van der Waals surface area contributed by atoms with Gasteiger partial charge in [-0.05, 0) is 61.8 Å². The third-order valence-electron chi connectivity index (χ3n) is 1.75. The average molecular weight is 271 g/mol. The molecule has 2 nitrogen and oxygen atoms in total. The van der Waals surface area contributed by atoms with Gasteiger partial charge in [-0.3, -0.25) is 4.79 Å². The predicted molar refractivity (Wildman–Crippen MR) is 64.5 cm³/mol. The number of carbonyl (C=O) groups excluding carboxylic acids is 1. The van der Waals surface area contributed by atoms with Crippen molar-refractivity contribution >= 4 is 21.7 Å². The van der Waals surface area contributed by atoms with E-state index in [1.165, 1.54) is 0 Å². The Bertz CT molecular complexity index is 378. The fourth-order valence-corrected chi connectivity index (χ4v) is 1.59. The number of ketones is 1. The molecule has 0 saturated carbocycles. The number of hydrogen-bond acceptors (Lipinski definition) is 2. The lowest BCUT2D eigenvalue weighted by atomic mass is 10.1. The molecule has 0 spiro atoms. The van der Waals surface area contributed by atoms with Crippen LogP contribution >= 0.6 is 15.9 Å². The van der Waals surface area contributed by atoms with Crippen LogP contribution in [0.25, 0.3) is 0 Å². The van der Waals surface area contributed by atoms with Crippen molar-refractivity contribution in [3.05, 3.63) is 28.2 Å². The van der Waals surface area contributed by atoms with Gasteiger partial charge in [0.2, 0.25) is 0 Å². The molecular formula is C12H15BrO2. The lowest BCUT2D eigenvalue weighted by Crippen LogP contribution is -2.23. The molecule has 0 aliphatic rings. The van der Waals surface area contributed by atoms with E-state index >= 15 is 0 Å². The second-order valence-corrected chi connectivity index (χ2v) is 5.27. The summed E-state index contributed by atoms with van der Waals surface area (Å²) in [6, 6.07) is 5.36. The van der Waals surface area contributed by atoms with Crippen LogP contribution in [0.5, 0.6) is 5.75 Å². The molecule has 0 N–H and O–H groups in total. The van der Waals surface area contributed by atoms with Gasteiger partial charge < -0.3 is 4.74 Å². The van der Waals surface area contributed by atoms with E-state index in [4.69, 9.17) is 4.74 Å². The molecule has 0 aliphatic carbocycles. The quantitative estimate of drug-likeness (QED) is 0.764. The van der Waals surface area contributed by atoms with Gasteiger partial charge in [0.05, 0.1) is 4.47 Å². The number of Topliss-reactive ketones (excluding diaryl/α,β-unsaturated/α-hetero) is 1. The van der Waals surface area contributed by atoms with Gasteiger partial charge in [-0.1, -0.05) is 0 Å². The van der Waals surface area contributed by atoms with Gasteiger partial charge in [0.15, 0.2) is 5.78 Å². The van der Waals surface area contributed by atoms with Gasteiger partial charge >= 0.3 is 0 Å². The summed E-state index contributed by atoms with van der Waals surface area (Å²) in [5.74, 6) is 0.811. The number of carbonyl (C=O) groups is 1. The number of benzene rings is 1. The fourth-order valence-electron chi connectivity index (χ4n) is 1.13. The summed E-state index contributed by atoms with van der Waals surface area (Å²) in [4.78, 5) is 11.1. The molecule has 1 aromatic rings. The summed E-state index contributed by atoms with van der Waals surface area (Å²) in [7, 11) is 0. The molecule has 0 radical (unpaired) electrons. The minimum atomic E-state index is -0.236. The smallest absolute Gasteiger partial charge is 0.159 e. The lowest BCUT2D eigenvalue weighted by molar-refractivity contribution is 0.101. The van der Waals surface area contributed by atoms with E-state index in [0.717, 1.165) is 10.2 Å². The first-order chi connectivity index (χ1) is 6.79. The summed E-state index contributed by atoms with van der Waals surface area (Å²) in [5, 5.41) is 0. The van der Waals surface area contributed by atoms with Crippen LogP contribution < -0.4 is 4.74 Å². The van der Waals surface area contributed by atoms with Crippen molar-refractivity contribution in [1.29, 1.82) is 0 Å². The Morgan fingerprint density at radius 2 is 1.93 bits per heavy atom. The van der Waals surface area contributed by atoms with Crippen molar-refractivity contribution in [3.63, 3.8) is 0 Å². The van der Waals surface area contributed by atoms with Crippen molar-refractivity contribution in [2.75, 3.05) is 0 Å². The van der Waals surface area contributed by atoms with Crippen LogP contribution in [0, 0.1) is 0 Å². The van der Waals surface area contributed by atoms with Gasteiger partial charge in [-0.15, -0.1) is 0 Å². The highest BCUT2D eigenvalue weighted by Crippen LogP contribution is 2.29. The van der Waals surface area contributed by atoms with E-state index < -0.39 is 0 Å². The number of rotatable bonds is 2. The molecule has 3 heteroatoms. The lowest BCUT2D eigenvalue weighted by Gasteiger charge is -2.22. The molecular weight excluding hydrogens is 256 g/mol. The molecule has 0 atom stereocenters. The zero-order valence-electron chi connectivity index (χ0n) is 9.43. The zero-order chi connectivity index (χ0) is 11.6. The second kappa shape index (κ2) is 4.35. The van der Waals surface area contributed by atoms with E-state index in [-0.39, 0.29) is 11.4 Å². The summed E-state index contributed by atoms with van der Waals surface area (Å²) in [6.45, 7) is 7.50. The first-order valence-electron chi connectivity index (χ1n) is 4.79. The van der Waals surface area contributed by atoms with Gasteiger partial charge in [-0.25, -0.2) is 0 Å². The Kier molecular flexibility index (Phi) is 3.55. The summed E-state index contributed by atoms with van der Waals surface area (Å²) in [5.41, 5.74) is 0.448. The minimum absolute atomic E-state index is 0.0537. The topological polar surface area (TPSA) is 26.3 Å². The van der Waals surface area contributed by atoms with Crippen LogP contribution in [0.15, 0.2) is 22.7 Å². The fraction of sp³-hybridized carbons (Fsp3) is 0.417. The third-order valence-corrected chi connectivity index (χ3v) is 2.37. The molecule has 0 fully saturated rings. The largest absolute Gasteiger partial charge is 0.487 e. The van der Waals surface area contributed by atoms with Crippen LogP contribution in [0.3, 0.4) is 0 Å². The molecule has 0 unspecified atom stereocenters. The van der Waals surface area contributed by atoms with Crippen LogP contribution in [-0.4, -0.2) is 11.4 Å². The first-order valence-corrected chi connectivity index (χ1v) is 5.58. The predicted octanol–water partition coefficient (Wildman–Crippen LogP) is 3.83. The molecule has 1 rings (SSSR count). The zero-order valence-corrected chi connectivity index (χ0v) is 11.0. The molecule has 82 valence electrons. The van der Waals surface area contributed by atoms with Gasteiger partial charge in [-0.2, -0.15) is 0 Å². The highest BCUT2D eigenvalue weighted by atomic mass is 79.9. The maximum atomic E-state index is 11.1. The van der Waals surface area contributed by atoms with Crippen molar-refractivity contribution in [2.24, 2.45) is 0 Å². The summed E-state index contributed by atoms with van der Waals surface area (Å²) in [6.07, 6.45) is 0. The van der Waals surface area contributed by atoms with Crippen molar-refractivity contribution < 1.29 is 9.53 Å². The molecule has 0 heterocycles. The van der Waals surface area contributed by atoms with E-state index in [9.17, 15) is 4.79 Å². The Labute approximate surface area is 98.8 Å². The summed E-state index contributed by atoms with van der Waals surface area (Å²) < 4.78 is 6.52. The van der Waals surface area contributed by atoms with Crippen LogP contribution in [0.4, 0.5) is 0 Å². The van der Waals surface area contributed by atoms with Crippen molar-refractivity contribution in [1.82, 2.24) is 0 Å². The average Bonchev–Trinajstić information content (AvgIpc) is 2.05. The monoisotopic (exact) mass is 270 g/mol. The van der Waals surface area contributed by atoms with E-state index in [1.807, 2.05) is 26.8 Å².